The quantitative estimate of drug-likeness (QED) is 0.478. The van der Waals surface area contributed by atoms with Crippen molar-refractivity contribution in [2.75, 3.05) is 14.2 Å². The number of hydrogen-bond acceptors (Lipinski definition) is 5. The lowest BCUT2D eigenvalue weighted by atomic mass is 10.2. The Kier molecular flexibility index (Phi) is 5.00. The first-order valence-electron chi connectivity index (χ1n) is 9.16. The maximum Gasteiger partial charge on any atom is 0.573 e. The van der Waals surface area contributed by atoms with Crippen molar-refractivity contribution in [3.05, 3.63) is 58.5 Å². The maximum atomic E-state index is 13.1. The fourth-order valence-electron chi connectivity index (χ4n) is 3.56. The number of rotatable bonds is 5. The van der Waals surface area contributed by atoms with Crippen LogP contribution in [0.1, 0.15) is 5.56 Å². The molecule has 0 bridgehead atoms. The van der Waals surface area contributed by atoms with Gasteiger partial charge in [0, 0.05) is 23.9 Å². The van der Waals surface area contributed by atoms with Gasteiger partial charge in [0.05, 0.1) is 32.5 Å². The van der Waals surface area contributed by atoms with E-state index in [2.05, 4.69) is 9.84 Å². The third kappa shape index (κ3) is 3.76. The number of halogens is 3. The Balaban J connectivity index is 1.75. The predicted molar refractivity (Wildman–Crippen MR) is 108 cm³/mol. The van der Waals surface area contributed by atoms with Crippen LogP contribution in [0.4, 0.5) is 13.2 Å². The van der Waals surface area contributed by atoms with Gasteiger partial charge in [-0.15, -0.1) is 13.2 Å². The number of methoxy groups -OCH3 is 2. The molecule has 4 aromatic rings. The first-order valence-corrected chi connectivity index (χ1v) is 9.16. The van der Waals surface area contributed by atoms with E-state index in [-0.39, 0.29) is 17.9 Å². The third-order valence-corrected chi connectivity index (χ3v) is 5.00. The zero-order chi connectivity index (χ0) is 22.3. The molecular formula is C21H18F3N3O4. The smallest absolute Gasteiger partial charge is 0.493 e. The number of alkyl halides is 3. The molecule has 0 unspecified atom stereocenters. The molecule has 0 aliphatic carbocycles. The van der Waals surface area contributed by atoms with Gasteiger partial charge in [0.1, 0.15) is 11.3 Å². The highest BCUT2D eigenvalue weighted by atomic mass is 19.4. The van der Waals surface area contributed by atoms with Crippen molar-refractivity contribution in [3.63, 3.8) is 0 Å². The number of ether oxygens (including phenoxy) is 3. The number of fused-ring (bicyclic) bond motifs is 3. The van der Waals surface area contributed by atoms with Crippen molar-refractivity contribution >= 4 is 21.8 Å². The SMILES string of the molecule is COc1cc2c3cnn(Cc4ccc(OC(F)(F)F)cc4)c(=O)c3n(C)c2cc1OC. The largest absolute Gasteiger partial charge is 0.573 e. The van der Waals surface area contributed by atoms with Crippen molar-refractivity contribution in [1.82, 2.24) is 14.3 Å². The van der Waals surface area contributed by atoms with Crippen molar-refractivity contribution in [3.8, 4) is 17.2 Å². The van der Waals surface area contributed by atoms with Crippen LogP contribution >= 0.6 is 0 Å². The standard InChI is InChI=1S/C21H18F3N3O4/c1-26-16-9-18(30-3)17(29-2)8-14(16)15-10-25-27(20(28)19(15)26)11-12-4-6-13(7-5-12)31-21(22,23)24/h4-10H,11H2,1-3H3. The van der Waals surface area contributed by atoms with Gasteiger partial charge in [-0.05, 0) is 23.8 Å². The normalized spacial score (nSPS) is 11.8. The molecule has 7 nitrogen and oxygen atoms in total. The molecule has 0 amide bonds. The molecule has 0 fully saturated rings. The highest BCUT2D eigenvalue weighted by molar-refractivity contribution is 6.08. The molecule has 0 aliphatic heterocycles. The molecule has 0 atom stereocenters. The van der Waals surface area contributed by atoms with E-state index in [0.717, 1.165) is 10.9 Å². The van der Waals surface area contributed by atoms with Crippen LogP contribution in [-0.4, -0.2) is 34.9 Å². The lowest BCUT2D eigenvalue weighted by Gasteiger charge is -2.10. The van der Waals surface area contributed by atoms with Crippen LogP contribution < -0.4 is 19.8 Å². The molecule has 0 spiro atoms. The Labute approximate surface area is 174 Å². The van der Waals surface area contributed by atoms with Crippen LogP contribution in [0.15, 0.2) is 47.4 Å². The summed E-state index contributed by atoms with van der Waals surface area (Å²) >= 11 is 0. The molecule has 162 valence electrons. The fraction of sp³-hybridized carbons (Fsp3) is 0.238. The highest BCUT2D eigenvalue weighted by Crippen LogP contribution is 2.36. The molecule has 10 heteroatoms. The summed E-state index contributed by atoms with van der Waals surface area (Å²) in [6.07, 6.45) is -3.17. The average Bonchev–Trinajstić information content (AvgIpc) is 3.01. The summed E-state index contributed by atoms with van der Waals surface area (Å²) in [4.78, 5) is 13.1. The van der Waals surface area contributed by atoms with Gasteiger partial charge in [0.25, 0.3) is 5.56 Å². The van der Waals surface area contributed by atoms with Crippen LogP contribution in [0.5, 0.6) is 17.2 Å². The molecule has 0 aliphatic rings. The van der Waals surface area contributed by atoms with Crippen LogP contribution in [0.25, 0.3) is 21.8 Å². The second-order valence-corrected chi connectivity index (χ2v) is 6.84. The van der Waals surface area contributed by atoms with Gasteiger partial charge < -0.3 is 18.8 Å². The van der Waals surface area contributed by atoms with Gasteiger partial charge >= 0.3 is 6.36 Å². The van der Waals surface area contributed by atoms with Crippen molar-refractivity contribution in [2.45, 2.75) is 12.9 Å². The topological polar surface area (TPSA) is 67.5 Å². The van der Waals surface area contributed by atoms with E-state index in [1.54, 1.807) is 29.9 Å². The minimum Gasteiger partial charge on any atom is -0.493 e. The zero-order valence-electron chi connectivity index (χ0n) is 16.9. The lowest BCUT2D eigenvalue weighted by molar-refractivity contribution is -0.274. The number of benzene rings is 2. The zero-order valence-corrected chi connectivity index (χ0v) is 16.9. The van der Waals surface area contributed by atoms with Gasteiger partial charge in [0.2, 0.25) is 0 Å². The predicted octanol–water partition coefficient (Wildman–Crippen LogP) is 3.85. The molecular weight excluding hydrogens is 415 g/mol. The molecule has 0 saturated carbocycles. The molecule has 4 rings (SSSR count). The summed E-state index contributed by atoms with van der Waals surface area (Å²) in [5.41, 5.74) is 1.49. The van der Waals surface area contributed by atoms with E-state index in [0.29, 0.717) is 28.0 Å². The minimum atomic E-state index is -4.76. The Morgan fingerprint density at radius 1 is 1.00 bits per heavy atom. The van der Waals surface area contributed by atoms with Crippen LogP contribution in [-0.2, 0) is 13.6 Å². The Bertz CT molecular complexity index is 1320. The van der Waals surface area contributed by atoms with E-state index in [1.165, 1.54) is 43.2 Å². The molecule has 31 heavy (non-hydrogen) atoms. The Morgan fingerprint density at radius 2 is 1.65 bits per heavy atom. The van der Waals surface area contributed by atoms with Gasteiger partial charge in [-0.2, -0.15) is 5.10 Å². The first kappa shape index (κ1) is 20.6. The van der Waals surface area contributed by atoms with Crippen molar-refractivity contribution < 1.29 is 27.4 Å². The Hall–Kier alpha value is -3.69. The fourth-order valence-corrected chi connectivity index (χ4v) is 3.56. The molecule has 2 aromatic carbocycles. The van der Waals surface area contributed by atoms with Gasteiger partial charge in [-0.25, -0.2) is 4.68 Å². The Morgan fingerprint density at radius 3 is 2.26 bits per heavy atom. The van der Waals surface area contributed by atoms with Gasteiger partial charge in [-0.3, -0.25) is 4.79 Å². The van der Waals surface area contributed by atoms with E-state index in [4.69, 9.17) is 9.47 Å². The van der Waals surface area contributed by atoms with Crippen LogP contribution in [0.3, 0.4) is 0 Å². The number of nitrogens with zero attached hydrogens (tertiary/aromatic N) is 3. The maximum absolute atomic E-state index is 13.1. The highest BCUT2D eigenvalue weighted by Gasteiger charge is 2.31. The average molecular weight is 433 g/mol. The second kappa shape index (κ2) is 7.53. The summed E-state index contributed by atoms with van der Waals surface area (Å²) < 4.78 is 54.5. The van der Waals surface area contributed by atoms with E-state index >= 15 is 0 Å². The molecule has 0 saturated heterocycles. The monoisotopic (exact) mass is 433 g/mol. The second-order valence-electron chi connectivity index (χ2n) is 6.84. The van der Waals surface area contributed by atoms with Crippen molar-refractivity contribution in [1.29, 1.82) is 0 Å². The molecule has 0 N–H and O–H groups in total. The lowest BCUT2D eigenvalue weighted by Crippen LogP contribution is -2.24. The van der Waals surface area contributed by atoms with Gasteiger partial charge in [-0.1, -0.05) is 12.1 Å². The number of aryl methyl sites for hydroxylation is 1. The van der Waals surface area contributed by atoms with Crippen LogP contribution in [0, 0.1) is 0 Å². The van der Waals surface area contributed by atoms with E-state index < -0.39 is 6.36 Å². The molecule has 2 aromatic heterocycles. The van der Waals surface area contributed by atoms with E-state index in [1.807, 2.05) is 0 Å². The summed E-state index contributed by atoms with van der Waals surface area (Å²) in [7, 11) is 4.84. The number of hydrogen-bond donors (Lipinski definition) is 0. The summed E-state index contributed by atoms with van der Waals surface area (Å²) in [5.74, 6) is 0.742. The van der Waals surface area contributed by atoms with Crippen LogP contribution in [0.2, 0.25) is 0 Å². The van der Waals surface area contributed by atoms with E-state index in [9.17, 15) is 18.0 Å². The summed E-state index contributed by atoms with van der Waals surface area (Å²) in [5, 5.41) is 5.71. The number of aromatic nitrogens is 3. The summed E-state index contributed by atoms with van der Waals surface area (Å²) in [6, 6.07) is 8.88. The van der Waals surface area contributed by atoms with Crippen molar-refractivity contribution in [2.24, 2.45) is 7.05 Å². The first-order chi connectivity index (χ1) is 14.7. The van der Waals surface area contributed by atoms with Gasteiger partial charge in [0.15, 0.2) is 11.5 Å². The summed E-state index contributed by atoms with van der Waals surface area (Å²) in [6.45, 7) is 0.0925. The third-order valence-electron chi connectivity index (χ3n) is 5.00. The molecule has 2 heterocycles. The molecule has 0 radical (unpaired) electrons. The minimum absolute atomic E-state index is 0.0925.